The van der Waals surface area contributed by atoms with E-state index in [4.69, 9.17) is 0 Å². The molecule has 0 N–H and O–H groups in total. The van der Waals surface area contributed by atoms with Crippen LogP contribution in [0.2, 0.25) is 0 Å². The van der Waals surface area contributed by atoms with Crippen LogP contribution in [-0.2, 0) is 4.79 Å². The van der Waals surface area contributed by atoms with E-state index >= 15 is 0 Å². The van der Waals surface area contributed by atoms with Gasteiger partial charge in [0.25, 0.3) is 5.91 Å². The molecule has 0 aromatic heterocycles. The summed E-state index contributed by atoms with van der Waals surface area (Å²) >= 11 is 0. The molecule has 0 aliphatic carbocycles. The normalized spacial score (nSPS) is 20.3. The van der Waals surface area contributed by atoms with Crippen molar-refractivity contribution in [1.29, 1.82) is 0 Å². The van der Waals surface area contributed by atoms with Crippen molar-refractivity contribution in [2.75, 3.05) is 6.54 Å². The third-order valence-electron chi connectivity index (χ3n) is 2.74. The van der Waals surface area contributed by atoms with Crippen LogP contribution in [0.5, 0.6) is 0 Å². The zero-order valence-electron chi connectivity index (χ0n) is 8.43. The van der Waals surface area contributed by atoms with Gasteiger partial charge in [-0.3, -0.25) is 4.79 Å². The smallest absolute Gasteiger partial charge is 0.254 e. The van der Waals surface area contributed by atoms with E-state index in [0.717, 1.165) is 19.1 Å². The molecule has 15 heavy (non-hydrogen) atoms. The summed E-state index contributed by atoms with van der Waals surface area (Å²) in [5.41, 5.74) is 0.659. The lowest BCUT2D eigenvalue weighted by atomic mass is 10.2. The number of aldehydes is 1. The van der Waals surface area contributed by atoms with Gasteiger partial charge in [0, 0.05) is 12.1 Å². The Morgan fingerprint density at radius 3 is 2.73 bits per heavy atom. The van der Waals surface area contributed by atoms with Crippen LogP contribution in [0.1, 0.15) is 23.2 Å². The van der Waals surface area contributed by atoms with Gasteiger partial charge in [-0.15, -0.1) is 0 Å². The van der Waals surface area contributed by atoms with Crippen molar-refractivity contribution in [3.8, 4) is 0 Å². The highest BCUT2D eigenvalue weighted by Crippen LogP contribution is 2.18. The predicted molar refractivity (Wildman–Crippen MR) is 56.6 cm³/mol. The minimum Gasteiger partial charge on any atom is -0.329 e. The van der Waals surface area contributed by atoms with Crippen molar-refractivity contribution in [3.63, 3.8) is 0 Å². The first-order chi connectivity index (χ1) is 7.33. The van der Waals surface area contributed by atoms with Gasteiger partial charge in [0.1, 0.15) is 6.29 Å². The number of rotatable bonds is 2. The van der Waals surface area contributed by atoms with Crippen LogP contribution < -0.4 is 0 Å². The van der Waals surface area contributed by atoms with Crippen LogP contribution in [0.3, 0.4) is 0 Å². The summed E-state index contributed by atoms with van der Waals surface area (Å²) in [5, 5.41) is 0. The summed E-state index contributed by atoms with van der Waals surface area (Å²) < 4.78 is 0. The Morgan fingerprint density at radius 2 is 2.07 bits per heavy atom. The van der Waals surface area contributed by atoms with Crippen LogP contribution in [-0.4, -0.2) is 29.7 Å². The molecule has 1 atom stereocenters. The van der Waals surface area contributed by atoms with Crippen LogP contribution in [0.15, 0.2) is 30.3 Å². The average Bonchev–Trinajstić information content (AvgIpc) is 2.77. The minimum absolute atomic E-state index is 0.0369. The highest BCUT2D eigenvalue weighted by Gasteiger charge is 2.28. The Bertz CT molecular complexity index is 361. The van der Waals surface area contributed by atoms with Crippen LogP contribution in [0.25, 0.3) is 0 Å². The first-order valence-corrected chi connectivity index (χ1v) is 5.14. The second-order valence-corrected chi connectivity index (χ2v) is 3.71. The molecule has 1 fully saturated rings. The number of hydrogen-bond acceptors (Lipinski definition) is 2. The largest absolute Gasteiger partial charge is 0.329 e. The predicted octanol–water partition coefficient (Wildman–Crippen LogP) is 1.49. The van der Waals surface area contributed by atoms with Crippen molar-refractivity contribution < 1.29 is 9.59 Å². The Morgan fingerprint density at radius 1 is 1.33 bits per heavy atom. The third-order valence-corrected chi connectivity index (χ3v) is 2.74. The van der Waals surface area contributed by atoms with Crippen LogP contribution in [0, 0.1) is 0 Å². The van der Waals surface area contributed by atoms with E-state index in [0.29, 0.717) is 12.1 Å². The van der Waals surface area contributed by atoms with E-state index in [1.165, 1.54) is 0 Å². The summed E-state index contributed by atoms with van der Waals surface area (Å²) in [6, 6.07) is 8.87. The summed E-state index contributed by atoms with van der Waals surface area (Å²) in [7, 11) is 0. The lowest BCUT2D eigenvalue weighted by Crippen LogP contribution is -2.36. The molecule has 1 aromatic carbocycles. The van der Waals surface area contributed by atoms with Gasteiger partial charge < -0.3 is 9.69 Å². The molecule has 0 saturated carbocycles. The zero-order valence-corrected chi connectivity index (χ0v) is 8.43. The van der Waals surface area contributed by atoms with E-state index in [1.54, 1.807) is 17.0 Å². The summed E-state index contributed by atoms with van der Waals surface area (Å²) in [4.78, 5) is 24.4. The number of likely N-dealkylation sites (tertiary alicyclic amines) is 1. The Kier molecular flexibility index (Phi) is 2.81. The third kappa shape index (κ3) is 1.91. The molecule has 1 heterocycles. The molecule has 3 nitrogen and oxygen atoms in total. The summed E-state index contributed by atoms with van der Waals surface area (Å²) in [5.74, 6) is -0.0369. The second kappa shape index (κ2) is 4.26. The lowest BCUT2D eigenvalue weighted by Gasteiger charge is -2.20. The molecule has 1 aliphatic heterocycles. The number of hydrogen-bond donors (Lipinski definition) is 0. The van der Waals surface area contributed by atoms with Crippen LogP contribution >= 0.6 is 0 Å². The Hall–Kier alpha value is -1.64. The maximum absolute atomic E-state index is 12.0. The fourth-order valence-electron chi connectivity index (χ4n) is 1.93. The fraction of sp³-hybridized carbons (Fsp3) is 0.333. The molecule has 1 saturated heterocycles. The lowest BCUT2D eigenvalue weighted by molar-refractivity contribution is -0.111. The Balaban J connectivity index is 2.18. The number of carbonyl (C=O) groups excluding carboxylic acids is 2. The minimum atomic E-state index is -0.224. The standard InChI is InChI=1S/C12H13NO2/c14-9-11-7-4-8-13(11)12(15)10-5-2-1-3-6-10/h1-3,5-6,9,11H,4,7-8H2/t11-/m1/s1. The monoisotopic (exact) mass is 203 g/mol. The fourth-order valence-corrected chi connectivity index (χ4v) is 1.93. The van der Waals surface area contributed by atoms with Gasteiger partial charge in [-0.25, -0.2) is 0 Å². The molecule has 0 spiro atoms. The van der Waals surface area contributed by atoms with Crippen molar-refractivity contribution >= 4 is 12.2 Å². The average molecular weight is 203 g/mol. The molecular formula is C12H13NO2. The molecule has 0 unspecified atom stereocenters. The van der Waals surface area contributed by atoms with E-state index in [9.17, 15) is 9.59 Å². The van der Waals surface area contributed by atoms with E-state index in [1.807, 2.05) is 18.2 Å². The molecule has 1 aromatic rings. The molecule has 0 bridgehead atoms. The molecule has 78 valence electrons. The van der Waals surface area contributed by atoms with Crippen molar-refractivity contribution in [3.05, 3.63) is 35.9 Å². The molecule has 1 aliphatic rings. The topological polar surface area (TPSA) is 37.4 Å². The Labute approximate surface area is 88.7 Å². The van der Waals surface area contributed by atoms with Gasteiger partial charge >= 0.3 is 0 Å². The summed E-state index contributed by atoms with van der Waals surface area (Å²) in [6.45, 7) is 0.692. The SMILES string of the molecule is O=C[C@H]1CCCN1C(=O)c1ccccc1. The van der Waals surface area contributed by atoms with Gasteiger partial charge in [-0.2, -0.15) is 0 Å². The van der Waals surface area contributed by atoms with Crippen molar-refractivity contribution in [2.24, 2.45) is 0 Å². The maximum Gasteiger partial charge on any atom is 0.254 e. The highest BCUT2D eigenvalue weighted by atomic mass is 16.2. The van der Waals surface area contributed by atoms with Crippen molar-refractivity contribution in [2.45, 2.75) is 18.9 Å². The first-order valence-electron chi connectivity index (χ1n) is 5.14. The van der Waals surface area contributed by atoms with Gasteiger partial charge in [0.15, 0.2) is 0 Å². The van der Waals surface area contributed by atoms with E-state index in [2.05, 4.69) is 0 Å². The number of nitrogens with zero attached hydrogens (tertiary/aromatic N) is 1. The van der Waals surface area contributed by atoms with Gasteiger partial charge in [0.05, 0.1) is 6.04 Å². The molecule has 0 radical (unpaired) electrons. The van der Waals surface area contributed by atoms with E-state index < -0.39 is 0 Å². The second-order valence-electron chi connectivity index (χ2n) is 3.71. The molecule has 3 heteroatoms. The molecular weight excluding hydrogens is 190 g/mol. The summed E-state index contributed by atoms with van der Waals surface area (Å²) in [6.07, 6.45) is 2.58. The molecule has 1 amide bonds. The van der Waals surface area contributed by atoms with E-state index in [-0.39, 0.29) is 11.9 Å². The quantitative estimate of drug-likeness (QED) is 0.683. The number of carbonyl (C=O) groups is 2. The molecule has 2 rings (SSSR count). The number of amides is 1. The highest BCUT2D eigenvalue weighted by molar-refractivity contribution is 5.95. The van der Waals surface area contributed by atoms with Crippen LogP contribution in [0.4, 0.5) is 0 Å². The van der Waals surface area contributed by atoms with Crippen molar-refractivity contribution in [1.82, 2.24) is 4.90 Å². The van der Waals surface area contributed by atoms with Gasteiger partial charge in [-0.1, -0.05) is 18.2 Å². The maximum atomic E-state index is 12.0. The number of benzene rings is 1. The van der Waals surface area contributed by atoms with Gasteiger partial charge in [-0.05, 0) is 25.0 Å². The van der Waals surface area contributed by atoms with Gasteiger partial charge in [0.2, 0.25) is 0 Å². The zero-order chi connectivity index (χ0) is 10.7. The first kappa shape index (κ1) is 9.90.